The number of rotatable bonds is 11. The minimum absolute atomic E-state index is 0.0503. The molecule has 0 rings (SSSR count). The first-order valence-corrected chi connectivity index (χ1v) is 7.79. The van der Waals surface area contributed by atoms with Gasteiger partial charge in [-0.1, -0.05) is 0 Å². The van der Waals surface area contributed by atoms with Crippen LogP contribution in [0.2, 0.25) is 0 Å². The van der Waals surface area contributed by atoms with Gasteiger partial charge in [-0.3, -0.25) is 29.1 Å². The van der Waals surface area contributed by atoms with Crippen molar-refractivity contribution in [3.8, 4) is 0 Å². The average Bonchev–Trinajstić information content (AvgIpc) is 2.58. The van der Waals surface area contributed by atoms with Crippen LogP contribution in [-0.4, -0.2) is 73.0 Å². The van der Waals surface area contributed by atoms with Gasteiger partial charge in [0.1, 0.15) is 6.29 Å². The molecule has 0 radical (unpaired) electrons. The highest BCUT2D eigenvalue weighted by molar-refractivity contribution is 5.98. The largest absolute Gasteiger partial charge is 0.370 e. The van der Waals surface area contributed by atoms with E-state index in [2.05, 4.69) is 15.6 Å². The lowest BCUT2D eigenvalue weighted by atomic mass is 10.1. The normalized spacial score (nSPS) is 11.0. The van der Waals surface area contributed by atoms with E-state index in [0.29, 0.717) is 30.6 Å². The molecule has 12 heteroatoms. The minimum atomic E-state index is -0.834. The maximum Gasteiger partial charge on any atom is 0.248 e. The molecule has 0 aliphatic rings. The van der Waals surface area contributed by atoms with Gasteiger partial charge in [0, 0.05) is 13.5 Å². The molecule has 0 aromatic carbocycles. The second kappa shape index (κ2) is 12.4. The van der Waals surface area contributed by atoms with Crippen molar-refractivity contribution in [1.29, 1.82) is 0 Å². The molecule has 0 unspecified atom stereocenters. The number of hydrogen-bond donors (Lipinski definition) is 5. The molecule has 4 amide bonds. The number of carbonyl (C=O) groups excluding carboxylic acids is 5. The zero-order chi connectivity index (χ0) is 20.1. The monoisotopic (exact) mass is 371 g/mol. The van der Waals surface area contributed by atoms with E-state index in [9.17, 15) is 24.0 Å². The number of nitrogens with one attached hydrogen (secondary N) is 2. The Bertz CT molecular complexity index is 560. The molecule has 0 aliphatic heterocycles. The van der Waals surface area contributed by atoms with Crippen LogP contribution in [0.3, 0.4) is 0 Å². The summed E-state index contributed by atoms with van der Waals surface area (Å²) in [6, 6.07) is -0.834. The van der Waals surface area contributed by atoms with Crippen molar-refractivity contribution >= 4 is 35.9 Å². The highest BCUT2D eigenvalue weighted by Gasteiger charge is 2.18. The molecule has 0 fully saturated rings. The first-order chi connectivity index (χ1) is 12.2. The number of aldehydes is 1. The van der Waals surface area contributed by atoms with E-state index in [4.69, 9.17) is 17.2 Å². The third kappa shape index (κ3) is 9.97. The predicted molar refractivity (Wildman–Crippen MR) is 92.4 cm³/mol. The van der Waals surface area contributed by atoms with Gasteiger partial charge in [-0.05, 0) is 12.8 Å². The summed E-state index contributed by atoms with van der Waals surface area (Å²) in [6.45, 7) is 0.195. The molecular weight excluding hydrogens is 346 g/mol. The number of hydrogen-bond acceptors (Lipinski definition) is 7. The van der Waals surface area contributed by atoms with Crippen molar-refractivity contribution < 1.29 is 24.0 Å². The molecule has 0 bridgehead atoms. The summed E-state index contributed by atoms with van der Waals surface area (Å²) in [6.07, 6.45) is 1.21. The van der Waals surface area contributed by atoms with E-state index in [1.807, 2.05) is 0 Å². The SMILES string of the molecule is CC(=O)N(CC=O)C(=O)CNC(=O)CNC(=O)[C@H](N)CCCN=C(N)N. The van der Waals surface area contributed by atoms with Crippen molar-refractivity contribution in [1.82, 2.24) is 15.5 Å². The topological polar surface area (TPSA) is 203 Å². The van der Waals surface area contributed by atoms with Crippen LogP contribution >= 0.6 is 0 Å². The highest BCUT2D eigenvalue weighted by Crippen LogP contribution is 1.95. The Balaban J connectivity index is 4.15. The second-order valence-corrected chi connectivity index (χ2v) is 5.24. The van der Waals surface area contributed by atoms with Crippen molar-refractivity contribution in [2.45, 2.75) is 25.8 Å². The lowest BCUT2D eigenvalue weighted by Gasteiger charge is -2.16. The number of carbonyl (C=O) groups is 5. The molecular formula is C14H25N7O5. The van der Waals surface area contributed by atoms with Crippen LogP contribution in [0.15, 0.2) is 4.99 Å². The van der Waals surface area contributed by atoms with Gasteiger partial charge in [0.05, 0.1) is 25.7 Å². The third-order valence-corrected chi connectivity index (χ3v) is 3.10. The van der Waals surface area contributed by atoms with Gasteiger partial charge in [-0.25, -0.2) is 0 Å². The van der Waals surface area contributed by atoms with Gasteiger partial charge in [-0.2, -0.15) is 0 Å². The zero-order valence-electron chi connectivity index (χ0n) is 14.6. The number of nitrogens with zero attached hydrogens (tertiary/aromatic N) is 2. The van der Waals surface area contributed by atoms with Crippen LogP contribution in [0, 0.1) is 0 Å². The average molecular weight is 371 g/mol. The van der Waals surface area contributed by atoms with E-state index >= 15 is 0 Å². The molecule has 0 aromatic heterocycles. The van der Waals surface area contributed by atoms with Gasteiger partial charge in [0.15, 0.2) is 5.96 Å². The molecule has 0 spiro atoms. The lowest BCUT2D eigenvalue weighted by molar-refractivity contribution is -0.145. The van der Waals surface area contributed by atoms with Crippen molar-refractivity contribution in [2.24, 2.45) is 22.2 Å². The summed E-state index contributed by atoms with van der Waals surface area (Å²) in [5.74, 6) is -2.58. The fourth-order valence-corrected chi connectivity index (χ4v) is 1.76. The van der Waals surface area contributed by atoms with Gasteiger partial charge in [0.25, 0.3) is 0 Å². The fourth-order valence-electron chi connectivity index (χ4n) is 1.76. The van der Waals surface area contributed by atoms with Gasteiger partial charge < -0.3 is 32.6 Å². The summed E-state index contributed by atoms with van der Waals surface area (Å²) in [7, 11) is 0. The number of nitrogens with two attached hydrogens (primary N) is 3. The predicted octanol–water partition coefficient (Wildman–Crippen LogP) is -3.83. The molecule has 0 aliphatic carbocycles. The van der Waals surface area contributed by atoms with Crippen molar-refractivity contribution in [3.63, 3.8) is 0 Å². The smallest absolute Gasteiger partial charge is 0.248 e. The van der Waals surface area contributed by atoms with Crippen LogP contribution in [0.1, 0.15) is 19.8 Å². The quantitative estimate of drug-likeness (QED) is 0.105. The lowest BCUT2D eigenvalue weighted by Crippen LogP contribution is -2.47. The molecule has 146 valence electrons. The molecule has 26 heavy (non-hydrogen) atoms. The maximum atomic E-state index is 11.7. The Hall–Kier alpha value is -3.02. The van der Waals surface area contributed by atoms with Crippen LogP contribution in [0.5, 0.6) is 0 Å². The minimum Gasteiger partial charge on any atom is -0.370 e. The number of amides is 4. The Kier molecular flexibility index (Phi) is 10.9. The van der Waals surface area contributed by atoms with Crippen LogP contribution in [-0.2, 0) is 24.0 Å². The third-order valence-electron chi connectivity index (χ3n) is 3.10. The van der Waals surface area contributed by atoms with Crippen LogP contribution < -0.4 is 27.8 Å². The number of imide groups is 1. The van der Waals surface area contributed by atoms with Crippen LogP contribution in [0.25, 0.3) is 0 Å². The van der Waals surface area contributed by atoms with Gasteiger partial charge >= 0.3 is 0 Å². The van der Waals surface area contributed by atoms with Crippen molar-refractivity contribution in [2.75, 3.05) is 26.2 Å². The molecule has 0 saturated carbocycles. The summed E-state index contributed by atoms with van der Waals surface area (Å²) in [4.78, 5) is 61.1. The van der Waals surface area contributed by atoms with Gasteiger partial charge in [-0.15, -0.1) is 0 Å². The van der Waals surface area contributed by atoms with E-state index in [0.717, 1.165) is 6.92 Å². The summed E-state index contributed by atoms with van der Waals surface area (Å²) in [5.41, 5.74) is 16.0. The first-order valence-electron chi connectivity index (χ1n) is 7.79. The highest BCUT2D eigenvalue weighted by atomic mass is 16.2. The summed E-state index contributed by atoms with van der Waals surface area (Å²) < 4.78 is 0. The zero-order valence-corrected chi connectivity index (χ0v) is 14.6. The molecule has 1 atom stereocenters. The Labute approximate surface area is 150 Å². The summed E-state index contributed by atoms with van der Waals surface area (Å²) >= 11 is 0. The Morgan fingerprint density at radius 2 is 1.81 bits per heavy atom. The molecule has 0 saturated heterocycles. The number of aliphatic imine (C=N–C) groups is 1. The van der Waals surface area contributed by atoms with E-state index in [1.165, 1.54) is 0 Å². The first kappa shape index (κ1) is 23.0. The molecule has 0 heterocycles. The molecule has 8 N–H and O–H groups in total. The van der Waals surface area contributed by atoms with Crippen molar-refractivity contribution in [3.05, 3.63) is 0 Å². The Morgan fingerprint density at radius 1 is 1.15 bits per heavy atom. The Morgan fingerprint density at radius 3 is 2.35 bits per heavy atom. The van der Waals surface area contributed by atoms with Gasteiger partial charge in [0.2, 0.25) is 23.6 Å². The van der Waals surface area contributed by atoms with Crippen LogP contribution in [0.4, 0.5) is 0 Å². The summed E-state index contributed by atoms with van der Waals surface area (Å²) in [5, 5.41) is 4.56. The van der Waals surface area contributed by atoms with E-state index in [-0.39, 0.29) is 12.5 Å². The molecule has 12 nitrogen and oxygen atoms in total. The standard InChI is InChI=1S/C14H25N7O5/c1-9(23)21(5-6-22)12(25)8-19-11(24)7-20-13(26)10(15)3-2-4-18-14(16)17/h6,10H,2-5,7-8,15H2,1H3,(H,19,24)(H,20,26)(H4,16,17,18)/t10-/m1/s1. The van der Waals surface area contributed by atoms with E-state index in [1.54, 1.807) is 0 Å². The second-order valence-electron chi connectivity index (χ2n) is 5.24. The molecule has 0 aromatic rings. The maximum absolute atomic E-state index is 11.7. The van der Waals surface area contributed by atoms with E-state index < -0.39 is 42.8 Å². The fraction of sp³-hybridized carbons (Fsp3) is 0.571. The number of guanidine groups is 1.